The predicted octanol–water partition coefficient (Wildman–Crippen LogP) is 2.69. The van der Waals surface area contributed by atoms with Gasteiger partial charge in [0.1, 0.15) is 9.84 Å². The van der Waals surface area contributed by atoms with Crippen LogP contribution in [0.2, 0.25) is 0 Å². The molecule has 24 heavy (non-hydrogen) atoms. The minimum Gasteiger partial charge on any atom is -0.314 e. The first-order chi connectivity index (χ1) is 11.5. The third kappa shape index (κ3) is 4.62. The van der Waals surface area contributed by atoms with E-state index in [1.54, 1.807) is 17.5 Å². The van der Waals surface area contributed by atoms with Crippen LogP contribution in [0.15, 0.2) is 29.8 Å². The van der Waals surface area contributed by atoms with Gasteiger partial charge in [0.15, 0.2) is 0 Å². The van der Waals surface area contributed by atoms with E-state index in [1.807, 2.05) is 23.6 Å². The second-order valence-corrected chi connectivity index (χ2v) is 9.63. The smallest absolute Gasteiger partial charge is 0.150 e. The van der Waals surface area contributed by atoms with E-state index < -0.39 is 9.84 Å². The predicted molar refractivity (Wildman–Crippen MR) is 97.9 cm³/mol. The topological polar surface area (TPSA) is 72.0 Å². The van der Waals surface area contributed by atoms with Crippen molar-refractivity contribution >= 4 is 21.2 Å². The number of rotatable bonds is 6. The van der Waals surface area contributed by atoms with Gasteiger partial charge in [-0.15, -0.1) is 11.3 Å². The van der Waals surface area contributed by atoms with Gasteiger partial charge in [-0.1, -0.05) is 12.5 Å². The molecule has 0 aromatic carbocycles. The van der Waals surface area contributed by atoms with Gasteiger partial charge in [-0.25, -0.2) is 13.4 Å². The summed E-state index contributed by atoms with van der Waals surface area (Å²) < 4.78 is 23.4. The van der Waals surface area contributed by atoms with Gasteiger partial charge in [-0.3, -0.25) is 4.98 Å². The van der Waals surface area contributed by atoms with E-state index in [1.165, 1.54) is 6.26 Å². The Bertz CT molecular complexity index is 759. The second kappa shape index (κ2) is 7.72. The minimum atomic E-state index is -2.92. The van der Waals surface area contributed by atoms with Gasteiger partial charge in [-0.05, 0) is 31.4 Å². The summed E-state index contributed by atoms with van der Waals surface area (Å²) in [5, 5.41) is 6.45. The summed E-state index contributed by atoms with van der Waals surface area (Å²) in [5.41, 5.74) is 1.82. The van der Waals surface area contributed by atoms with Crippen LogP contribution in [0.1, 0.15) is 30.7 Å². The Hall–Kier alpha value is -1.31. The second-order valence-electron chi connectivity index (χ2n) is 6.36. The first-order valence-corrected chi connectivity index (χ1v) is 11.1. The minimum absolute atomic E-state index is 0.181. The molecule has 130 valence electrons. The van der Waals surface area contributed by atoms with Crippen LogP contribution in [0.5, 0.6) is 0 Å². The van der Waals surface area contributed by atoms with Crippen molar-refractivity contribution in [3.63, 3.8) is 0 Å². The molecule has 0 aliphatic heterocycles. The Morgan fingerprint density at radius 1 is 1.29 bits per heavy atom. The Kier molecular flexibility index (Phi) is 5.63. The molecule has 0 saturated heterocycles. The molecule has 7 heteroatoms. The van der Waals surface area contributed by atoms with E-state index in [9.17, 15) is 8.42 Å². The molecule has 1 N–H and O–H groups in total. The molecule has 1 aliphatic carbocycles. The van der Waals surface area contributed by atoms with E-state index in [-0.39, 0.29) is 5.25 Å². The highest BCUT2D eigenvalue weighted by Gasteiger charge is 2.28. The lowest BCUT2D eigenvalue weighted by atomic mass is 9.95. The maximum absolute atomic E-state index is 11.7. The molecule has 5 nitrogen and oxygen atoms in total. The van der Waals surface area contributed by atoms with Crippen molar-refractivity contribution in [1.29, 1.82) is 0 Å². The quantitative estimate of drug-likeness (QED) is 0.852. The number of thiazole rings is 1. The highest BCUT2D eigenvalue weighted by Crippen LogP contribution is 2.24. The maximum Gasteiger partial charge on any atom is 0.150 e. The summed E-state index contributed by atoms with van der Waals surface area (Å²) in [6.45, 7) is 0.830. The van der Waals surface area contributed by atoms with E-state index in [0.717, 1.165) is 55.0 Å². The summed E-state index contributed by atoms with van der Waals surface area (Å²) >= 11 is 1.65. The molecule has 2 aromatic rings. The number of hydrogen-bond donors (Lipinski definition) is 1. The van der Waals surface area contributed by atoms with Crippen molar-refractivity contribution in [2.75, 3.05) is 12.8 Å². The van der Waals surface area contributed by atoms with Crippen LogP contribution in [-0.2, 0) is 16.3 Å². The van der Waals surface area contributed by atoms with E-state index in [4.69, 9.17) is 0 Å². The van der Waals surface area contributed by atoms with E-state index in [2.05, 4.69) is 15.3 Å². The third-order valence-corrected chi connectivity index (χ3v) is 7.03. The fourth-order valence-electron chi connectivity index (χ4n) is 3.16. The van der Waals surface area contributed by atoms with Crippen LogP contribution in [0.3, 0.4) is 0 Å². The average molecular weight is 366 g/mol. The molecule has 1 aliphatic rings. The molecule has 0 bridgehead atoms. The molecule has 0 unspecified atom stereocenters. The fraction of sp³-hybridized carbons (Fsp3) is 0.529. The molecular formula is C17H23N3O2S2. The van der Waals surface area contributed by atoms with Gasteiger partial charge in [0.2, 0.25) is 0 Å². The summed E-state index contributed by atoms with van der Waals surface area (Å²) in [4.78, 5) is 8.96. The highest BCUT2D eigenvalue weighted by molar-refractivity contribution is 7.91. The Morgan fingerprint density at radius 3 is 2.92 bits per heavy atom. The molecule has 2 atom stereocenters. The van der Waals surface area contributed by atoms with Crippen molar-refractivity contribution in [2.24, 2.45) is 0 Å². The van der Waals surface area contributed by atoms with Crippen molar-refractivity contribution < 1.29 is 8.42 Å². The molecule has 1 saturated carbocycles. The molecule has 1 fully saturated rings. The number of aromatic nitrogens is 2. The summed E-state index contributed by atoms with van der Waals surface area (Å²) in [7, 11) is -2.92. The van der Waals surface area contributed by atoms with Gasteiger partial charge in [0.05, 0.1) is 21.6 Å². The molecular weight excluding hydrogens is 342 g/mol. The third-order valence-electron chi connectivity index (χ3n) is 4.48. The monoisotopic (exact) mass is 365 g/mol. The molecule has 2 heterocycles. The average Bonchev–Trinajstić information content (AvgIpc) is 3.04. The number of nitrogens with zero attached hydrogens (tertiary/aromatic N) is 2. The van der Waals surface area contributed by atoms with Crippen molar-refractivity contribution in [3.8, 4) is 11.4 Å². The zero-order valence-corrected chi connectivity index (χ0v) is 15.4. The summed E-state index contributed by atoms with van der Waals surface area (Å²) in [5.74, 6) is 0. The summed E-state index contributed by atoms with van der Waals surface area (Å²) in [6.07, 6.45) is 7.57. The standard InChI is InChI=1S/C17H23N3O2S2/c1-24(21,22)14-6-4-5-13(11-14)18-10-8-17-20-16(12-23-17)15-7-2-3-9-19-15/h2-3,7,9,12-14,18H,4-6,8,10-11H2,1H3/t13-,14+/m1/s1. The lowest BCUT2D eigenvalue weighted by molar-refractivity contribution is 0.374. The number of sulfone groups is 1. The van der Waals surface area contributed by atoms with Crippen LogP contribution in [0, 0.1) is 0 Å². The van der Waals surface area contributed by atoms with Gasteiger partial charge < -0.3 is 5.32 Å². The molecule has 0 spiro atoms. The van der Waals surface area contributed by atoms with Crippen LogP contribution in [-0.4, -0.2) is 42.5 Å². The van der Waals surface area contributed by atoms with E-state index in [0.29, 0.717) is 6.04 Å². The molecule has 2 aromatic heterocycles. The van der Waals surface area contributed by atoms with Gasteiger partial charge in [0.25, 0.3) is 0 Å². The van der Waals surface area contributed by atoms with Crippen LogP contribution < -0.4 is 5.32 Å². The first kappa shape index (κ1) is 17.5. The SMILES string of the molecule is CS(=O)(=O)[C@H]1CCC[C@@H](NCCc2nc(-c3ccccn3)cs2)C1. The molecule has 3 rings (SSSR count). The lowest BCUT2D eigenvalue weighted by Crippen LogP contribution is -2.39. The van der Waals surface area contributed by atoms with Crippen molar-refractivity contribution in [1.82, 2.24) is 15.3 Å². The maximum atomic E-state index is 11.7. The van der Waals surface area contributed by atoms with E-state index >= 15 is 0 Å². The van der Waals surface area contributed by atoms with Crippen molar-refractivity contribution in [3.05, 3.63) is 34.8 Å². The Labute approximate surface area is 147 Å². The Morgan fingerprint density at radius 2 is 2.17 bits per heavy atom. The lowest BCUT2D eigenvalue weighted by Gasteiger charge is -2.28. The van der Waals surface area contributed by atoms with Crippen LogP contribution in [0.4, 0.5) is 0 Å². The highest BCUT2D eigenvalue weighted by atomic mass is 32.2. The zero-order valence-electron chi connectivity index (χ0n) is 13.8. The van der Waals surface area contributed by atoms with Crippen molar-refractivity contribution in [2.45, 2.75) is 43.4 Å². The van der Waals surface area contributed by atoms with Crippen LogP contribution in [0.25, 0.3) is 11.4 Å². The molecule has 0 amide bonds. The summed E-state index contributed by atoms with van der Waals surface area (Å²) in [6, 6.07) is 6.12. The largest absolute Gasteiger partial charge is 0.314 e. The Balaban J connectivity index is 1.49. The number of pyridine rings is 1. The zero-order chi connectivity index (χ0) is 17.0. The van der Waals surface area contributed by atoms with Crippen LogP contribution >= 0.6 is 11.3 Å². The normalized spacial score (nSPS) is 21.7. The van der Waals surface area contributed by atoms with Gasteiger partial charge in [-0.2, -0.15) is 0 Å². The fourth-order valence-corrected chi connectivity index (χ4v) is 5.13. The van der Waals surface area contributed by atoms with Gasteiger partial charge in [0, 0.05) is 36.8 Å². The van der Waals surface area contributed by atoms with Gasteiger partial charge >= 0.3 is 0 Å². The first-order valence-electron chi connectivity index (χ1n) is 8.30. The number of nitrogens with one attached hydrogen (secondary N) is 1. The molecule has 0 radical (unpaired) electrons. The number of hydrogen-bond acceptors (Lipinski definition) is 6.